The molecule has 164 valence electrons. The van der Waals surface area contributed by atoms with Gasteiger partial charge in [-0.2, -0.15) is 0 Å². The van der Waals surface area contributed by atoms with E-state index >= 15 is 0 Å². The van der Waals surface area contributed by atoms with Gasteiger partial charge in [0.05, 0.1) is 11.2 Å². The van der Waals surface area contributed by atoms with Crippen LogP contribution in [0.15, 0.2) is 103 Å². The highest BCUT2D eigenvalue weighted by Gasteiger charge is 2.19. The standard InChI is InChI=1S/C32H26N2/c1-32(2,3)29-18-24(17-23-11-7-8-12-25(23)29)31-28-20-34-30-19-22(21-9-5-4-6-10-21)13-14-27(30)26(28)15-16-33-31/h4-20H,1-3H3. The molecular weight excluding hydrogens is 412 g/mol. The van der Waals surface area contributed by atoms with E-state index in [1.807, 2.05) is 18.5 Å². The van der Waals surface area contributed by atoms with Gasteiger partial charge < -0.3 is 0 Å². The lowest BCUT2D eigenvalue weighted by Gasteiger charge is -2.23. The van der Waals surface area contributed by atoms with Crippen LogP contribution >= 0.6 is 0 Å². The first-order valence-electron chi connectivity index (χ1n) is 11.8. The lowest BCUT2D eigenvalue weighted by atomic mass is 9.82. The quantitative estimate of drug-likeness (QED) is 0.253. The molecule has 0 aliphatic heterocycles. The minimum Gasteiger partial charge on any atom is -0.256 e. The molecule has 0 aliphatic carbocycles. The predicted octanol–water partition coefficient (Wildman–Crippen LogP) is 8.57. The van der Waals surface area contributed by atoms with Crippen LogP contribution in [-0.2, 0) is 5.41 Å². The molecule has 0 atom stereocenters. The summed E-state index contributed by atoms with van der Waals surface area (Å²) in [6, 6.07) is 32.3. The van der Waals surface area contributed by atoms with E-state index in [0.29, 0.717) is 0 Å². The Balaban J connectivity index is 1.57. The molecule has 2 heterocycles. The normalized spacial score (nSPS) is 12.0. The van der Waals surface area contributed by atoms with Crippen molar-refractivity contribution in [3.8, 4) is 22.4 Å². The third-order valence-electron chi connectivity index (χ3n) is 6.66. The summed E-state index contributed by atoms with van der Waals surface area (Å²) in [7, 11) is 0. The maximum Gasteiger partial charge on any atom is 0.0796 e. The van der Waals surface area contributed by atoms with Crippen LogP contribution in [0.5, 0.6) is 0 Å². The van der Waals surface area contributed by atoms with Crippen LogP contribution in [0.25, 0.3) is 54.8 Å². The molecule has 0 bridgehead atoms. The first-order chi connectivity index (χ1) is 16.5. The minimum absolute atomic E-state index is 0.0268. The number of benzene rings is 4. The Kier molecular flexibility index (Phi) is 4.70. The van der Waals surface area contributed by atoms with Gasteiger partial charge in [0, 0.05) is 28.7 Å². The van der Waals surface area contributed by atoms with Gasteiger partial charge in [-0.05, 0) is 62.5 Å². The lowest BCUT2D eigenvalue weighted by Crippen LogP contribution is -2.12. The van der Waals surface area contributed by atoms with Crippen LogP contribution in [0.1, 0.15) is 26.3 Å². The summed E-state index contributed by atoms with van der Waals surface area (Å²) in [5, 5.41) is 5.95. The van der Waals surface area contributed by atoms with E-state index in [1.54, 1.807) is 0 Å². The van der Waals surface area contributed by atoms with Crippen molar-refractivity contribution in [1.82, 2.24) is 9.97 Å². The topological polar surface area (TPSA) is 25.8 Å². The molecule has 0 amide bonds. The van der Waals surface area contributed by atoms with Crippen molar-refractivity contribution in [2.24, 2.45) is 0 Å². The zero-order chi connectivity index (χ0) is 23.3. The molecule has 6 rings (SSSR count). The number of fused-ring (bicyclic) bond motifs is 4. The second kappa shape index (κ2) is 7.78. The van der Waals surface area contributed by atoms with Crippen LogP contribution in [0.3, 0.4) is 0 Å². The van der Waals surface area contributed by atoms with Crippen LogP contribution < -0.4 is 0 Å². The molecule has 6 aromatic rings. The number of hydrogen-bond donors (Lipinski definition) is 0. The van der Waals surface area contributed by atoms with Gasteiger partial charge in [0.2, 0.25) is 0 Å². The molecule has 0 N–H and O–H groups in total. The van der Waals surface area contributed by atoms with Crippen LogP contribution in [-0.4, -0.2) is 9.97 Å². The number of rotatable bonds is 2. The highest BCUT2D eigenvalue weighted by atomic mass is 14.7. The van der Waals surface area contributed by atoms with Crippen molar-refractivity contribution < 1.29 is 0 Å². The average molecular weight is 439 g/mol. The molecule has 34 heavy (non-hydrogen) atoms. The fraction of sp³-hybridized carbons (Fsp3) is 0.125. The first kappa shape index (κ1) is 20.6. The molecule has 2 nitrogen and oxygen atoms in total. The monoisotopic (exact) mass is 438 g/mol. The minimum atomic E-state index is 0.0268. The predicted molar refractivity (Wildman–Crippen MR) is 144 cm³/mol. The Morgan fingerprint density at radius 1 is 0.559 bits per heavy atom. The molecule has 0 saturated heterocycles. The van der Waals surface area contributed by atoms with E-state index in [9.17, 15) is 0 Å². The van der Waals surface area contributed by atoms with Crippen molar-refractivity contribution in [2.75, 3.05) is 0 Å². The van der Waals surface area contributed by atoms with Crippen molar-refractivity contribution >= 4 is 32.4 Å². The SMILES string of the molecule is CC(C)(C)c1cc(-c2nccc3c2cnc2cc(-c4ccccc4)ccc23)cc2ccccc12. The van der Waals surface area contributed by atoms with Crippen molar-refractivity contribution in [3.05, 3.63) is 109 Å². The Bertz CT molecular complexity index is 1680. The number of aromatic nitrogens is 2. The average Bonchev–Trinajstić information content (AvgIpc) is 2.87. The van der Waals surface area contributed by atoms with E-state index < -0.39 is 0 Å². The summed E-state index contributed by atoms with van der Waals surface area (Å²) in [5.41, 5.74) is 6.86. The number of nitrogens with zero attached hydrogens (tertiary/aromatic N) is 2. The summed E-state index contributed by atoms with van der Waals surface area (Å²) in [5.74, 6) is 0. The van der Waals surface area contributed by atoms with Gasteiger partial charge >= 0.3 is 0 Å². The lowest BCUT2D eigenvalue weighted by molar-refractivity contribution is 0.596. The zero-order valence-corrected chi connectivity index (χ0v) is 19.7. The van der Waals surface area contributed by atoms with Gasteiger partial charge in [0.15, 0.2) is 0 Å². The fourth-order valence-electron chi connectivity index (χ4n) is 4.95. The van der Waals surface area contributed by atoms with E-state index in [4.69, 9.17) is 9.97 Å². The molecule has 0 saturated carbocycles. The van der Waals surface area contributed by atoms with Gasteiger partial charge in [0.25, 0.3) is 0 Å². The zero-order valence-electron chi connectivity index (χ0n) is 19.7. The van der Waals surface area contributed by atoms with Crippen molar-refractivity contribution in [3.63, 3.8) is 0 Å². The molecular formula is C32H26N2. The Morgan fingerprint density at radius 2 is 1.35 bits per heavy atom. The third kappa shape index (κ3) is 3.43. The smallest absolute Gasteiger partial charge is 0.0796 e. The largest absolute Gasteiger partial charge is 0.256 e. The second-order valence-electron chi connectivity index (χ2n) is 9.97. The molecule has 2 aromatic heterocycles. The summed E-state index contributed by atoms with van der Waals surface area (Å²) < 4.78 is 0. The molecule has 4 aromatic carbocycles. The highest BCUT2D eigenvalue weighted by Crippen LogP contribution is 2.37. The summed E-state index contributed by atoms with van der Waals surface area (Å²) in [6.07, 6.45) is 3.91. The second-order valence-corrected chi connectivity index (χ2v) is 9.97. The summed E-state index contributed by atoms with van der Waals surface area (Å²) in [4.78, 5) is 9.71. The fourth-order valence-corrected chi connectivity index (χ4v) is 4.95. The summed E-state index contributed by atoms with van der Waals surface area (Å²) >= 11 is 0. The van der Waals surface area contributed by atoms with Crippen LogP contribution in [0.2, 0.25) is 0 Å². The van der Waals surface area contributed by atoms with Gasteiger partial charge in [-0.25, -0.2) is 0 Å². The van der Waals surface area contributed by atoms with Crippen LogP contribution in [0, 0.1) is 0 Å². The Hall–Kier alpha value is -4.04. The Labute approximate surface area is 199 Å². The van der Waals surface area contributed by atoms with Gasteiger partial charge in [-0.3, -0.25) is 9.97 Å². The van der Waals surface area contributed by atoms with Gasteiger partial charge in [-0.15, -0.1) is 0 Å². The van der Waals surface area contributed by atoms with Crippen LogP contribution in [0.4, 0.5) is 0 Å². The van der Waals surface area contributed by atoms with Gasteiger partial charge in [-0.1, -0.05) is 87.5 Å². The van der Waals surface area contributed by atoms with Gasteiger partial charge in [0.1, 0.15) is 0 Å². The van der Waals surface area contributed by atoms with Crippen molar-refractivity contribution in [1.29, 1.82) is 0 Å². The third-order valence-corrected chi connectivity index (χ3v) is 6.66. The van der Waals surface area contributed by atoms with E-state index in [0.717, 1.165) is 27.5 Å². The van der Waals surface area contributed by atoms with E-state index in [1.165, 1.54) is 32.8 Å². The highest BCUT2D eigenvalue weighted by molar-refractivity contribution is 6.10. The van der Waals surface area contributed by atoms with E-state index in [2.05, 4.69) is 106 Å². The molecule has 0 unspecified atom stereocenters. The maximum atomic E-state index is 4.88. The molecule has 0 spiro atoms. The summed E-state index contributed by atoms with van der Waals surface area (Å²) in [6.45, 7) is 6.82. The molecule has 2 heteroatoms. The molecule has 0 radical (unpaired) electrons. The van der Waals surface area contributed by atoms with Crippen molar-refractivity contribution in [2.45, 2.75) is 26.2 Å². The number of pyridine rings is 2. The number of hydrogen-bond acceptors (Lipinski definition) is 2. The maximum absolute atomic E-state index is 4.88. The first-order valence-corrected chi connectivity index (χ1v) is 11.8. The Morgan fingerprint density at radius 3 is 2.18 bits per heavy atom. The molecule has 0 fully saturated rings. The van der Waals surface area contributed by atoms with E-state index in [-0.39, 0.29) is 5.41 Å². The molecule has 0 aliphatic rings.